The van der Waals surface area contributed by atoms with Gasteiger partial charge in [-0.1, -0.05) is 6.92 Å². The number of hydrogen-bond acceptors (Lipinski definition) is 2. The Bertz CT molecular complexity index is 180. The van der Waals surface area contributed by atoms with Crippen LogP contribution in [0.1, 0.15) is 40.0 Å². The van der Waals surface area contributed by atoms with Crippen LogP contribution in [-0.4, -0.2) is 24.2 Å². The van der Waals surface area contributed by atoms with Crippen molar-refractivity contribution in [2.45, 2.75) is 58.3 Å². The van der Waals surface area contributed by atoms with Gasteiger partial charge in [0.1, 0.15) is 6.10 Å². The molecule has 1 aliphatic heterocycles. The van der Waals surface area contributed by atoms with Crippen LogP contribution >= 0.6 is 0 Å². The van der Waals surface area contributed by atoms with Gasteiger partial charge in [0, 0.05) is 6.04 Å². The van der Waals surface area contributed by atoms with Crippen molar-refractivity contribution >= 4 is 5.91 Å². The zero-order valence-electron chi connectivity index (χ0n) is 8.67. The van der Waals surface area contributed by atoms with E-state index in [0.717, 1.165) is 19.3 Å². The highest BCUT2D eigenvalue weighted by molar-refractivity contribution is 5.81. The fourth-order valence-corrected chi connectivity index (χ4v) is 1.58. The molecule has 0 radical (unpaired) electrons. The summed E-state index contributed by atoms with van der Waals surface area (Å²) in [5, 5.41) is 2.87. The third-order valence-electron chi connectivity index (χ3n) is 2.29. The lowest BCUT2D eigenvalue weighted by Crippen LogP contribution is -2.38. The van der Waals surface area contributed by atoms with Gasteiger partial charge in [-0.05, 0) is 33.1 Å². The van der Waals surface area contributed by atoms with E-state index in [1.165, 1.54) is 0 Å². The summed E-state index contributed by atoms with van der Waals surface area (Å²) in [4.78, 5) is 11.5. The molecule has 1 rings (SSSR count). The highest BCUT2D eigenvalue weighted by Crippen LogP contribution is 2.21. The molecule has 13 heavy (non-hydrogen) atoms. The van der Waals surface area contributed by atoms with Crippen LogP contribution < -0.4 is 5.32 Å². The monoisotopic (exact) mass is 185 g/mol. The molecule has 0 bridgehead atoms. The summed E-state index contributed by atoms with van der Waals surface area (Å²) in [6, 6.07) is 0.205. The fraction of sp³-hybridized carbons (Fsp3) is 0.900. The third kappa shape index (κ3) is 2.99. The smallest absolute Gasteiger partial charge is 0.249 e. The van der Waals surface area contributed by atoms with Gasteiger partial charge in [0.2, 0.25) is 5.91 Å². The largest absolute Gasteiger partial charge is 0.365 e. The first-order valence-electron chi connectivity index (χ1n) is 5.09. The Kier molecular flexibility index (Phi) is 3.72. The maximum atomic E-state index is 11.5. The van der Waals surface area contributed by atoms with E-state index in [4.69, 9.17) is 4.74 Å². The van der Waals surface area contributed by atoms with Crippen LogP contribution in [0.3, 0.4) is 0 Å². The van der Waals surface area contributed by atoms with Crippen molar-refractivity contribution < 1.29 is 9.53 Å². The van der Waals surface area contributed by atoms with Crippen LogP contribution in [-0.2, 0) is 9.53 Å². The van der Waals surface area contributed by atoms with Crippen molar-refractivity contribution in [2.24, 2.45) is 0 Å². The summed E-state index contributed by atoms with van der Waals surface area (Å²) in [7, 11) is 0. The van der Waals surface area contributed by atoms with Gasteiger partial charge in [-0.2, -0.15) is 0 Å². The zero-order valence-corrected chi connectivity index (χ0v) is 8.67. The summed E-state index contributed by atoms with van der Waals surface area (Å²) in [5.74, 6) is 0.0472. The lowest BCUT2D eigenvalue weighted by molar-refractivity contribution is -0.132. The van der Waals surface area contributed by atoms with Gasteiger partial charge in [-0.25, -0.2) is 0 Å². The zero-order chi connectivity index (χ0) is 9.84. The quantitative estimate of drug-likeness (QED) is 0.723. The summed E-state index contributed by atoms with van der Waals surface area (Å²) in [6.07, 6.45) is 2.99. The Labute approximate surface area is 79.8 Å². The second-order valence-electron chi connectivity index (χ2n) is 3.90. The fourth-order valence-electron chi connectivity index (χ4n) is 1.58. The van der Waals surface area contributed by atoms with Crippen LogP contribution in [0.15, 0.2) is 0 Å². The van der Waals surface area contributed by atoms with Gasteiger partial charge in [0.15, 0.2) is 0 Å². The molecule has 76 valence electrons. The molecule has 0 aromatic carbocycles. The van der Waals surface area contributed by atoms with Gasteiger partial charge >= 0.3 is 0 Å². The predicted octanol–water partition coefficient (Wildman–Crippen LogP) is 1.47. The van der Waals surface area contributed by atoms with Crippen LogP contribution in [0.4, 0.5) is 0 Å². The van der Waals surface area contributed by atoms with E-state index >= 15 is 0 Å². The minimum absolute atomic E-state index is 0.0472. The summed E-state index contributed by atoms with van der Waals surface area (Å²) >= 11 is 0. The van der Waals surface area contributed by atoms with Gasteiger partial charge in [0.05, 0.1) is 6.10 Å². The molecule has 2 atom stereocenters. The standard InChI is InChI=1S/C10H19NO2/c1-4-8-5-6-9(13-8)10(12)11-7(2)3/h7-9H,4-6H2,1-3H3,(H,11,12). The van der Waals surface area contributed by atoms with Crippen molar-refractivity contribution in [3.8, 4) is 0 Å². The Balaban J connectivity index is 2.33. The summed E-state index contributed by atoms with van der Waals surface area (Å²) < 4.78 is 5.56. The molecule has 0 aliphatic carbocycles. The predicted molar refractivity (Wildman–Crippen MR) is 51.5 cm³/mol. The molecule has 1 fully saturated rings. The van der Waals surface area contributed by atoms with E-state index in [9.17, 15) is 4.79 Å². The van der Waals surface area contributed by atoms with E-state index in [1.54, 1.807) is 0 Å². The van der Waals surface area contributed by atoms with Crippen LogP contribution in [0.25, 0.3) is 0 Å². The number of amides is 1. The van der Waals surface area contributed by atoms with Crippen molar-refractivity contribution in [3.05, 3.63) is 0 Å². The second kappa shape index (κ2) is 4.61. The highest BCUT2D eigenvalue weighted by Gasteiger charge is 2.29. The molecule has 1 heterocycles. The van der Waals surface area contributed by atoms with Gasteiger partial charge in [-0.15, -0.1) is 0 Å². The molecule has 2 unspecified atom stereocenters. The van der Waals surface area contributed by atoms with Crippen LogP contribution in [0.2, 0.25) is 0 Å². The van der Waals surface area contributed by atoms with Gasteiger partial charge < -0.3 is 10.1 Å². The first-order valence-corrected chi connectivity index (χ1v) is 5.09. The van der Waals surface area contributed by atoms with E-state index in [-0.39, 0.29) is 18.1 Å². The van der Waals surface area contributed by atoms with Crippen LogP contribution in [0, 0.1) is 0 Å². The van der Waals surface area contributed by atoms with Crippen LogP contribution in [0.5, 0.6) is 0 Å². The number of carbonyl (C=O) groups excluding carboxylic acids is 1. The number of rotatable bonds is 3. The summed E-state index contributed by atoms with van der Waals surface area (Å²) in [6.45, 7) is 6.02. The highest BCUT2D eigenvalue weighted by atomic mass is 16.5. The van der Waals surface area contributed by atoms with Crippen molar-refractivity contribution in [3.63, 3.8) is 0 Å². The molecule has 1 amide bonds. The van der Waals surface area contributed by atoms with E-state index in [0.29, 0.717) is 6.10 Å². The topological polar surface area (TPSA) is 38.3 Å². The molecule has 3 nitrogen and oxygen atoms in total. The second-order valence-corrected chi connectivity index (χ2v) is 3.90. The number of hydrogen-bond donors (Lipinski definition) is 1. The normalized spacial score (nSPS) is 28.0. The Morgan fingerprint density at radius 1 is 1.54 bits per heavy atom. The minimum atomic E-state index is -0.202. The minimum Gasteiger partial charge on any atom is -0.365 e. The summed E-state index contributed by atoms with van der Waals surface area (Å²) in [5.41, 5.74) is 0. The lowest BCUT2D eigenvalue weighted by Gasteiger charge is -2.14. The SMILES string of the molecule is CCC1CCC(C(=O)NC(C)C)O1. The van der Waals surface area contributed by atoms with Crippen molar-refractivity contribution in [1.29, 1.82) is 0 Å². The average molecular weight is 185 g/mol. The Morgan fingerprint density at radius 3 is 2.69 bits per heavy atom. The Morgan fingerprint density at radius 2 is 2.23 bits per heavy atom. The molecule has 1 aliphatic rings. The molecule has 1 N–H and O–H groups in total. The first-order chi connectivity index (χ1) is 6.13. The van der Waals surface area contributed by atoms with E-state index in [1.807, 2.05) is 13.8 Å². The van der Waals surface area contributed by atoms with Crippen molar-refractivity contribution in [1.82, 2.24) is 5.32 Å². The molecule has 0 spiro atoms. The van der Waals surface area contributed by atoms with Crippen molar-refractivity contribution in [2.75, 3.05) is 0 Å². The van der Waals surface area contributed by atoms with E-state index in [2.05, 4.69) is 12.2 Å². The molecule has 3 heteroatoms. The average Bonchev–Trinajstić information content (AvgIpc) is 2.50. The number of ether oxygens (including phenoxy) is 1. The number of nitrogens with one attached hydrogen (secondary N) is 1. The molecule has 0 aromatic rings. The maximum absolute atomic E-state index is 11.5. The molecule has 0 saturated carbocycles. The maximum Gasteiger partial charge on any atom is 0.249 e. The molecular formula is C10H19NO2. The Hall–Kier alpha value is -0.570. The molecule has 0 aromatic heterocycles. The lowest BCUT2D eigenvalue weighted by atomic mass is 10.1. The van der Waals surface area contributed by atoms with Gasteiger partial charge in [-0.3, -0.25) is 4.79 Å². The molecule has 1 saturated heterocycles. The van der Waals surface area contributed by atoms with E-state index < -0.39 is 0 Å². The third-order valence-corrected chi connectivity index (χ3v) is 2.29. The van der Waals surface area contributed by atoms with Gasteiger partial charge in [0.25, 0.3) is 0 Å². The number of carbonyl (C=O) groups is 1. The first kappa shape index (κ1) is 10.5. The molecular weight excluding hydrogens is 166 g/mol.